The minimum absolute atomic E-state index is 0.108. The van der Waals surface area contributed by atoms with E-state index in [4.69, 9.17) is 5.26 Å². The van der Waals surface area contributed by atoms with Gasteiger partial charge in [-0.05, 0) is 49.2 Å². The molecule has 0 atom stereocenters. The molecule has 5 nitrogen and oxygen atoms in total. The zero-order valence-electron chi connectivity index (χ0n) is 12.7. The molecule has 0 spiro atoms. The lowest BCUT2D eigenvalue weighted by molar-refractivity contribution is -0.115. The topological polar surface area (TPSA) is 70.2 Å². The van der Waals surface area contributed by atoms with E-state index in [2.05, 4.69) is 16.4 Å². The lowest BCUT2D eigenvalue weighted by atomic mass is 10.2. The maximum absolute atomic E-state index is 12.1. The summed E-state index contributed by atoms with van der Waals surface area (Å²) in [5.41, 5.74) is 2.46. The summed E-state index contributed by atoms with van der Waals surface area (Å²) < 4.78 is 1.83. The molecule has 22 heavy (non-hydrogen) atoms. The second-order valence-electron chi connectivity index (χ2n) is 5.68. The van der Waals surface area contributed by atoms with Crippen LogP contribution in [0.4, 0.5) is 0 Å². The van der Waals surface area contributed by atoms with Gasteiger partial charge in [0.2, 0.25) is 0 Å². The van der Waals surface area contributed by atoms with E-state index in [1.54, 1.807) is 0 Å². The van der Waals surface area contributed by atoms with Gasteiger partial charge >= 0.3 is 0 Å². The summed E-state index contributed by atoms with van der Waals surface area (Å²) in [6, 6.07) is 4.31. The molecule has 0 aromatic carbocycles. The fourth-order valence-electron chi connectivity index (χ4n) is 2.81. The molecule has 0 radical (unpaired) electrons. The molecule has 0 bridgehead atoms. The highest BCUT2D eigenvalue weighted by molar-refractivity contribution is 8.18. The lowest BCUT2D eigenvalue weighted by Crippen LogP contribution is -2.21. The molecular weight excluding hydrogens is 296 g/mol. The van der Waals surface area contributed by atoms with Gasteiger partial charge in [0, 0.05) is 12.7 Å². The summed E-state index contributed by atoms with van der Waals surface area (Å²) in [5, 5.41) is 12.6. The van der Waals surface area contributed by atoms with E-state index in [1.165, 1.54) is 24.6 Å². The molecule has 1 aliphatic carbocycles. The molecule has 1 aromatic heterocycles. The molecule has 114 valence electrons. The Bertz CT molecular complexity index is 717. The maximum atomic E-state index is 12.1. The van der Waals surface area contributed by atoms with E-state index in [9.17, 15) is 4.79 Å². The molecule has 1 saturated heterocycles. The van der Waals surface area contributed by atoms with Crippen LogP contribution >= 0.6 is 11.8 Å². The molecule has 6 heteroatoms. The van der Waals surface area contributed by atoms with Gasteiger partial charge in [-0.2, -0.15) is 5.26 Å². The third-order valence-electron chi connectivity index (χ3n) is 4.25. The number of carbonyl (C=O) groups excluding carboxylic acids is 1. The van der Waals surface area contributed by atoms with Gasteiger partial charge in [-0.1, -0.05) is 12.8 Å². The molecule has 1 aromatic rings. The third kappa shape index (κ3) is 2.81. The number of aliphatic imine (C=N–C) groups is 1. The Labute approximate surface area is 134 Å². The Morgan fingerprint density at radius 1 is 1.50 bits per heavy atom. The molecule has 2 heterocycles. The first-order chi connectivity index (χ1) is 10.6. The quantitative estimate of drug-likeness (QED) is 0.853. The van der Waals surface area contributed by atoms with Gasteiger partial charge in [-0.3, -0.25) is 9.79 Å². The number of nitriles is 1. The number of carbonyl (C=O) groups is 1. The molecule has 1 amide bonds. The standard InChI is InChI=1S/C16H18N4OS/c1-10-11(7-13(9-17)20(10)2)8-14-15(21)19-16(22-14)18-12-5-3-4-6-12/h7-8,12H,3-6H2,1-2H3,(H,18,19,21)/b14-8+. The van der Waals surface area contributed by atoms with Crippen molar-refractivity contribution in [1.82, 2.24) is 9.88 Å². The first-order valence-corrected chi connectivity index (χ1v) is 8.25. The summed E-state index contributed by atoms with van der Waals surface area (Å²) in [7, 11) is 1.85. The van der Waals surface area contributed by atoms with Crippen molar-refractivity contribution in [3.63, 3.8) is 0 Å². The van der Waals surface area contributed by atoms with Crippen molar-refractivity contribution in [2.45, 2.75) is 38.6 Å². The highest BCUT2D eigenvalue weighted by Crippen LogP contribution is 2.30. The van der Waals surface area contributed by atoms with Crippen LogP contribution in [0.1, 0.15) is 42.6 Å². The molecule has 1 saturated carbocycles. The molecule has 2 aliphatic rings. The number of amides is 1. The minimum atomic E-state index is -0.108. The Hall–Kier alpha value is -2.00. The van der Waals surface area contributed by atoms with Gasteiger partial charge < -0.3 is 9.88 Å². The van der Waals surface area contributed by atoms with Crippen molar-refractivity contribution in [3.8, 4) is 6.07 Å². The van der Waals surface area contributed by atoms with Crippen LogP contribution < -0.4 is 5.32 Å². The zero-order chi connectivity index (χ0) is 15.7. The Morgan fingerprint density at radius 2 is 2.23 bits per heavy atom. The highest BCUT2D eigenvalue weighted by Gasteiger charge is 2.26. The van der Waals surface area contributed by atoms with Gasteiger partial charge in [0.15, 0.2) is 5.17 Å². The molecule has 3 rings (SSSR count). The molecule has 1 aliphatic heterocycles. The number of hydrogen-bond acceptors (Lipinski definition) is 4. The van der Waals surface area contributed by atoms with Crippen molar-refractivity contribution in [3.05, 3.63) is 27.9 Å². The monoisotopic (exact) mass is 314 g/mol. The molecule has 0 unspecified atom stereocenters. The van der Waals surface area contributed by atoms with Gasteiger partial charge in [0.1, 0.15) is 11.8 Å². The van der Waals surface area contributed by atoms with Gasteiger partial charge in [-0.25, -0.2) is 0 Å². The molecule has 1 N–H and O–H groups in total. The number of nitrogens with one attached hydrogen (secondary N) is 1. The summed E-state index contributed by atoms with van der Waals surface area (Å²) in [6.07, 6.45) is 6.52. The van der Waals surface area contributed by atoms with Crippen LogP contribution in [0.15, 0.2) is 16.0 Å². The second-order valence-corrected chi connectivity index (χ2v) is 6.71. The minimum Gasteiger partial charge on any atom is -0.339 e. The Balaban J connectivity index is 1.83. The largest absolute Gasteiger partial charge is 0.339 e. The average Bonchev–Trinajstić information content (AvgIpc) is 3.18. The Kier molecular flexibility index (Phi) is 4.08. The van der Waals surface area contributed by atoms with E-state index < -0.39 is 0 Å². The summed E-state index contributed by atoms with van der Waals surface area (Å²) in [5.74, 6) is -0.108. The first kappa shape index (κ1) is 14.9. The third-order valence-corrected chi connectivity index (χ3v) is 5.18. The second kappa shape index (κ2) is 6.01. The lowest BCUT2D eigenvalue weighted by Gasteiger charge is -2.02. The highest BCUT2D eigenvalue weighted by atomic mass is 32.2. The van der Waals surface area contributed by atoms with Crippen LogP contribution in [0.2, 0.25) is 0 Å². The van der Waals surface area contributed by atoms with Crippen molar-refractivity contribution < 1.29 is 4.79 Å². The van der Waals surface area contributed by atoms with Crippen molar-refractivity contribution in [2.24, 2.45) is 12.0 Å². The SMILES string of the molecule is Cc1c(/C=C2/SC(=NC3CCCC3)NC2=O)cc(C#N)n1C. The smallest absolute Gasteiger partial charge is 0.264 e. The molecular formula is C16H18N4OS. The predicted molar refractivity (Wildman–Crippen MR) is 88.3 cm³/mol. The van der Waals surface area contributed by atoms with Crippen LogP contribution in [0.25, 0.3) is 6.08 Å². The van der Waals surface area contributed by atoms with Gasteiger partial charge in [0.25, 0.3) is 5.91 Å². The normalized spacial score (nSPS) is 22.5. The predicted octanol–water partition coefficient (Wildman–Crippen LogP) is 2.71. The fraction of sp³-hybridized carbons (Fsp3) is 0.438. The summed E-state index contributed by atoms with van der Waals surface area (Å²) >= 11 is 1.39. The zero-order valence-corrected chi connectivity index (χ0v) is 13.5. The van der Waals surface area contributed by atoms with Gasteiger partial charge in [0.05, 0.1) is 10.9 Å². The van der Waals surface area contributed by atoms with E-state index >= 15 is 0 Å². The number of rotatable bonds is 2. The van der Waals surface area contributed by atoms with E-state index in [-0.39, 0.29) is 5.91 Å². The van der Waals surface area contributed by atoms with Gasteiger partial charge in [-0.15, -0.1) is 0 Å². The summed E-state index contributed by atoms with van der Waals surface area (Å²) in [4.78, 5) is 17.3. The van der Waals surface area contributed by atoms with Crippen LogP contribution in [-0.4, -0.2) is 21.7 Å². The number of hydrogen-bond donors (Lipinski definition) is 1. The van der Waals surface area contributed by atoms with Crippen molar-refractivity contribution in [1.29, 1.82) is 5.26 Å². The van der Waals surface area contributed by atoms with Crippen molar-refractivity contribution in [2.75, 3.05) is 0 Å². The molecule has 2 fully saturated rings. The van der Waals surface area contributed by atoms with E-state index in [1.807, 2.05) is 30.7 Å². The summed E-state index contributed by atoms with van der Waals surface area (Å²) in [6.45, 7) is 1.94. The first-order valence-electron chi connectivity index (χ1n) is 7.43. The van der Waals surface area contributed by atoms with E-state index in [0.717, 1.165) is 24.1 Å². The fourth-order valence-corrected chi connectivity index (χ4v) is 3.69. The maximum Gasteiger partial charge on any atom is 0.264 e. The van der Waals surface area contributed by atoms with Crippen molar-refractivity contribution >= 4 is 28.9 Å². The van der Waals surface area contributed by atoms with E-state index in [0.29, 0.717) is 21.8 Å². The Morgan fingerprint density at radius 3 is 2.86 bits per heavy atom. The van der Waals surface area contributed by atoms with Crippen LogP contribution in [0, 0.1) is 18.3 Å². The number of aromatic nitrogens is 1. The number of thioether (sulfide) groups is 1. The number of nitrogens with zero attached hydrogens (tertiary/aromatic N) is 3. The van der Waals surface area contributed by atoms with Crippen LogP contribution in [-0.2, 0) is 11.8 Å². The number of amidine groups is 1. The van der Waals surface area contributed by atoms with Crippen LogP contribution in [0.3, 0.4) is 0 Å². The van der Waals surface area contributed by atoms with Crippen LogP contribution in [0.5, 0.6) is 0 Å². The average molecular weight is 314 g/mol.